The van der Waals surface area contributed by atoms with Crippen molar-refractivity contribution >= 4 is 16.6 Å². The zero-order chi connectivity index (χ0) is 25.3. The lowest BCUT2D eigenvalue weighted by atomic mass is 9.65. The topological polar surface area (TPSA) is 29.5 Å². The molecule has 5 rings (SSSR count). The van der Waals surface area contributed by atoms with Crippen LogP contribution in [0.5, 0.6) is 5.75 Å². The Bertz CT molecular complexity index is 1360. The second-order valence-corrected chi connectivity index (χ2v) is 10.5. The summed E-state index contributed by atoms with van der Waals surface area (Å²) >= 11 is 0. The smallest absolute Gasteiger partial charge is 0.194 e. The number of carbonyl (C=O) groups excluding carboxylic acids is 1. The highest BCUT2D eigenvalue weighted by molar-refractivity contribution is 6.20. The molecule has 2 aliphatic carbocycles. The number of likely N-dealkylation sites (N-methyl/N-ethyl adjacent to an activating group) is 1. The average Bonchev–Trinajstić information content (AvgIpc) is 2.90. The van der Waals surface area contributed by atoms with E-state index < -0.39 is 0 Å². The van der Waals surface area contributed by atoms with E-state index in [1.54, 1.807) is 0 Å². The van der Waals surface area contributed by atoms with Crippen LogP contribution in [0.1, 0.15) is 73.1 Å². The average molecular weight is 480 g/mol. The van der Waals surface area contributed by atoms with Gasteiger partial charge in [-0.05, 0) is 78.0 Å². The lowest BCUT2D eigenvalue weighted by molar-refractivity contribution is 0.103. The Hall–Kier alpha value is -3.17. The summed E-state index contributed by atoms with van der Waals surface area (Å²) in [5.74, 6) is 0.970. The molecule has 2 aliphatic rings. The number of nitrogens with zero attached hydrogens (tertiary/aromatic N) is 1. The minimum Gasteiger partial charge on any atom is -0.492 e. The number of ether oxygens (including phenoxy) is 1. The first-order valence-electron chi connectivity index (χ1n) is 13.4. The molecule has 0 aliphatic heterocycles. The molecular weight excluding hydrogens is 442 g/mol. The van der Waals surface area contributed by atoms with E-state index in [2.05, 4.69) is 81.2 Å². The quantitative estimate of drug-likeness (QED) is 0.341. The van der Waals surface area contributed by atoms with Gasteiger partial charge in [-0.2, -0.15) is 0 Å². The van der Waals surface area contributed by atoms with E-state index in [1.165, 1.54) is 16.7 Å². The highest BCUT2D eigenvalue weighted by atomic mass is 16.5. The van der Waals surface area contributed by atoms with Crippen molar-refractivity contribution in [2.75, 3.05) is 26.2 Å². The van der Waals surface area contributed by atoms with Crippen LogP contribution in [0, 0.1) is 0 Å². The Kier molecular flexibility index (Phi) is 6.85. The fourth-order valence-electron chi connectivity index (χ4n) is 5.97. The van der Waals surface area contributed by atoms with Gasteiger partial charge in [0.1, 0.15) is 12.4 Å². The maximum atomic E-state index is 14.1. The van der Waals surface area contributed by atoms with Crippen molar-refractivity contribution in [3.8, 4) is 5.75 Å². The van der Waals surface area contributed by atoms with Crippen LogP contribution in [0.2, 0.25) is 0 Å². The predicted molar refractivity (Wildman–Crippen MR) is 149 cm³/mol. The van der Waals surface area contributed by atoms with Gasteiger partial charge in [0.25, 0.3) is 0 Å². The molecule has 0 atom stereocenters. The fourth-order valence-corrected chi connectivity index (χ4v) is 5.97. The first-order chi connectivity index (χ1) is 17.4. The number of rotatable bonds is 8. The summed E-state index contributed by atoms with van der Waals surface area (Å²) in [5, 5.41) is 2.19. The number of hydrogen-bond acceptors (Lipinski definition) is 3. The van der Waals surface area contributed by atoms with Gasteiger partial charge in [0.2, 0.25) is 0 Å². The molecule has 0 fully saturated rings. The number of allylic oxidation sites excluding steroid dienone is 4. The third-order valence-electron chi connectivity index (χ3n) is 7.98. The molecule has 0 radical (unpaired) electrons. The van der Waals surface area contributed by atoms with Crippen molar-refractivity contribution < 1.29 is 9.53 Å². The van der Waals surface area contributed by atoms with Gasteiger partial charge in [-0.25, -0.2) is 0 Å². The van der Waals surface area contributed by atoms with Crippen molar-refractivity contribution in [3.63, 3.8) is 0 Å². The molecule has 0 unspecified atom stereocenters. The molecule has 36 heavy (non-hydrogen) atoms. The Morgan fingerprint density at radius 3 is 2.58 bits per heavy atom. The largest absolute Gasteiger partial charge is 0.492 e. The van der Waals surface area contributed by atoms with Crippen LogP contribution in [0.4, 0.5) is 0 Å². The first kappa shape index (κ1) is 24.5. The van der Waals surface area contributed by atoms with Gasteiger partial charge in [0, 0.05) is 23.1 Å². The van der Waals surface area contributed by atoms with E-state index in [-0.39, 0.29) is 11.2 Å². The second kappa shape index (κ2) is 10.1. The van der Waals surface area contributed by atoms with Crippen molar-refractivity contribution in [2.24, 2.45) is 0 Å². The molecule has 0 N–H and O–H groups in total. The summed E-state index contributed by atoms with van der Waals surface area (Å²) < 4.78 is 6.18. The molecule has 0 heterocycles. The third-order valence-corrected chi connectivity index (χ3v) is 7.98. The summed E-state index contributed by atoms with van der Waals surface area (Å²) in [6, 6.07) is 16.7. The Balaban J connectivity index is 1.59. The molecule has 0 spiro atoms. The number of benzene rings is 3. The predicted octanol–water partition coefficient (Wildman–Crippen LogP) is 7.25. The molecule has 0 aromatic heterocycles. The number of fused-ring (bicyclic) bond motifs is 4. The maximum Gasteiger partial charge on any atom is 0.194 e. The number of ketones is 1. The molecule has 3 heteroatoms. The van der Waals surface area contributed by atoms with Crippen LogP contribution in [0.25, 0.3) is 10.8 Å². The molecule has 3 nitrogen and oxygen atoms in total. The Morgan fingerprint density at radius 1 is 1.03 bits per heavy atom. The van der Waals surface area contributed by atoms with E-state index in [0.29, 0.717) is 6.61 Å². The SMILES string of the molecule is CCN(CC)CCOc1ccc2c(c1)C(C)(C)c1c(CC3=CC=CCC3)cc3ccccc3c1C2=O. The molecular formula is C33H37NO2. The van der Waals surface area contributed by atoms with Crippen LogP contribution in [0.3, 0.4) is 0 Å². The molecule has 3 aromatic carbocycles. The van der Waals surface area contributed by atoms with Gasteiger partial charge in [0.15, 0.2) is 5.78 Å². The summed E-state index contributed by atoms with van der Waals surface area (Å²) in [7, 11) is 0. The minimum atomic E-state index is -0.318. The van der Waals surface area contributed by atoms with E-state index in [9.17, 15) is 4.79 Å². The van der Waals surface area contributed by atoms with Crippen molar-refractivity contribution in [1.82, 2.24) is 4.90 Å². The minimum absolute atomic E-state index is 0.129. The van der Waals surface area contributed by atoms with Crippen molar-refractivity contribution in [2.45, 2.75) is 52.4 Å². The third kappa shape index (κ3) is 4.41. The first-order valence-corrected chi connectivity index (χ1v) is 13.4. The van der Waals surface area contributed by atoms with E-state index in [4.69, 9.17) is 4.74 Å². The van der Waals surface area contributed by atoms with Gasteiger partial charge in [-0.1, -0.05) is 81.8 Å². The molecule has 0 saturated heterocycles. The van der Waals surface area contributed by atoms with Crippen LogP contribution in [-0.2, 0) is 11.8 Å². The monoisotopic (exact) mass is 479 g/mol. The second-order valence-electron chi connectivity index (χ2n) is 10.5. The fraction of sp³-hybridized carbons (Fsp3) is 0.364. The molecule has 3 aromatic rings. The Labute approximate surface area is 215 Å². The Morgan fingerprint density at radius 2 is 1.83 bits per heavy atom. The van der Waals surface area contributed by atoms with Crippen molar-refractivity contribution in [1.29, 1.82) is 0 Å². The van der Waals surface area contributed by atoms with Crippen LogP contribution < -0.4 is 4.74 Å². The van der Waals surface area contributed by atoms with Crippen molar-refractivity contribution in [3.05, 3.63) is 100 Å². The normalized spacial score (nSPS) is 16.1. The zero-order valence-electron chi connectivity index (χ0n) is 22.1. The van der Waals surface area contributed by atoms with E-state index in [1.807, 2.05) is 18.2 Å². The van der Waals surface area contributed by atoms with Gasteiger partial charge in [0.05, 0.1) is 0 Å². The lowest BCUT2D eigenvalue weighted by Gasteiger charge is -2.37. The summed E-state index contributed by atoms with van der Waals surface area (Å²) in [6.07, 6.45) is 9.68. The maximum absolute atomic E-state index is 14.1. The van der Waals surface area contributed by atoms with E-state index >= 15 is 0 Å². The molecule has 0 bridgehead atoms. The highest BCUT2D eigenvalue weighted by Crippen LogP contribution is 2.47. The summed E-state index contributed by atoms with van der Waals surface area (Å²) in [5.41, 5.74) is 6.29. The van der Waals surface area contributed by atoms with E-state index in [0.717, 1.165) is 72.1 Å². The standard InChI is InChI=1S/C33H37NO2/c1-5-34(6-2)18-19-36-26-16-17-28-29(22-26)33(3,4)31-25(20-23-12-8-7-9-13-23)21-24-14-10-11-15-27(24)30(31)32(28)35/h7-8,10-12,14-17,21-22H,5-6,9,13,18-20H2,1-4H3. The number of hydrogen-bond donors (Lipinski definition) is 0. The van der Waals surface area contributed by atoms with Gasteiger partial charge < -0.3 is 9.64 Å². The zero-order valence-corrected chi connectivity index (χ0v) is 22.1. The number of carbonyl (C=O) groups is 1. The lowest BCUT2D eigenvalue weighted by Crippen LogP contribution is -2.32. The molecule has 0 amide bonds. The molecule has 186 valence electrons. The summed E-state index contributed by atoms with van der Waals surface area (Å²) in [6.45, 7) is 12.5. The van der Waals surface area contributed by atoms with Crippen LogP contribution in [0.15, 0.2) is 72.3 Å². The van der Waals surface area contributed by atoms with Gasteiger partial charge >= 0.3 is 0 Å². The summed E-state index contributed by atoms with van der Waals surface area (Å²) in [4.78, 5) is 16.4. The highest BCUT2D eigenvalue weighted by Gasteiger charge is 2.40. The van der Waals surface area contributed by atoms with Crippen LogP contribution in [-0.4, -0.2) is 36.9 Å². The van der Waals surface area contributed by atoms with Gasteiger partial charge in [-0.3, -0.25) is 4.79 Å². The molecule has 0 saturated carbocycles. The van der Waals surface area contributed by atoms with Crippen LogP contribution >= 0.6 is 0 Å². The van der Waals surface area contributed by atoms with Gasteiger partial charge in [-0.15, -0.1) is 0 Å².